The Morgan fingerprint density at radius 2 is 1.80 bits per heavy atom. The molecule has 2 amide bonds. The first-order valence-corrected chi connectivity index (χ1v) is 13.0. The standard InChI is InChI=1S/C24H31ClFN3O5S/c1-16(23(31)27-24(2,3)4)28(14-17-9-7-8-10-20(17)26)22(30)15-29(35(6,32)33)18-11-12-21(34-5)19(25)13-18/h7-13,16H,14-15H2,1-6H3,(H,27,31)/t16-/m1/s1. The number of benzene rings is 2. The summed E-state index contributed by atoms with van der Waals surface area (Å²) in [5.41, 5.74) is -0.240. The van der Waals surface area contributed by atoms with Crippen molar-refractivity contribution in [2.24, 2.45) is 0 Å². The van der Waals surface area contributed by atoms with Gasteiger partial charge >= 0.3 is 0 Å². The van der Waals surface area contributed by atoms with Gasteiger partial charge in [0.15, 0.2) is 0 Å². The maximum atomic E-state index is 14.4. The lowest BCUT2D eigenvalue weighted by molar-refractivity contribution is -0.140. The first kappa shape index (κ1) is 28.4. The van der Waals surface area contributed by atoms with E-state index in [9.17, 15) is 22.4 Å². The fraction of sp³-hybridized carbons (Fsp3) is 0.417. The van der Waals surface area contributed by atoms with Crippen molar-refractivity contribution in [3.8, 4) is 5.75 Å². The number of carbonyl (C=O) groups excluding carboxylic acids is 2. The van der Waals surface area contributed by atoms with Gasteiger partial charge in [-0.05, 0) is 52.0 Å². The Balaban J connectivity index is 2.45. The molecule has 192 valence electrons. The molecule has 0 aliphatic rings. The number of carbonyl (C=O) groups is 2. The van der Waals surface area contributed by atoms with Crippen LogP contribution in [0.5, 0.6) is 5.75 Å². The molecule has 0 aliphatic heterocycles. The molecule has 0 radical (unpaired) electrons. The van der Waals surface area contributed by atoms with E-state index >= 15 is 0 Å². The number of sulfonamides is 1. The van der Waals surface area contributed by atoms with Gasteiger partial charge in [-0.1, -0.05) is 29.8 Å². The Hall–Kier alpha value is -2.85. The van der Waals surface area contributed by atoms with Crippen molar-refractivity contribution in [3.63, 3.8) is 0 Å². The van der Waals surface area contributed by atoms with E-state index in [4.69, 9.17) is 16.3 Å². The van der Waals surface area contributed by atoms with Gasteiger partial charge < -0.3 is 15.0 Å². The van der Waals surface area contributed by atoms with E-state index in [-0.39, 0.29) is 22.8 Å². The first-order valence-electron chi connectivity index (χ1n) is 10.8. The minimum absolute atomic E-state index is 0.143. The second kappa shape index (κ2) is 11.3. The number of hydrogen-bond donors (Lipinski definition) is 1. The summed E-state index contributed by atoms with van der Waals surface area (Å²) in [6.45, 7) is 6.03. The van der Waals surface area contributed by atoms with Gasteiger partial charge in [-0.2, -0.15) is 0 Å². The molecule has 0 aliphatic carbocycles. The fourth-order valence-electron chi connectivity index (χ4n) is 3.29. The Morgan fingerprint density at radius 1 is 1.17 bits per heavy atom. The molecule has 1 N–H and O–H groups in total. The van der Waals surface area contributed by atoms with Crippen LogP contribution >= 0.6 is 11.6 Å². The predicted octanol–water partition coefficient (Wildman–Crippen LogP) is 3.59. The highest BCUT2D eigenvalue weighted by Gasteiger charge is 2.32. The number of amides is 2. The van der Waals surface area contributed by atoms with Gasteiger partial charge in [0.25, 0.3) is 0 Å². The van der Waals surface area contributed by atoms with E-state index in [1.807, 2.05) is 0 Å². The van der Waals surface area contributed by atoms with Gasteiger partial charge in [0.2, 0.25) is 21.8 Å². The molecule has 2 aromatic rings. The third kappa shape index (κ3) is 7.83. The molecule has 0 saturated carbocycles. The Morgan fingerprint density at radius 3 is 2.31 bits per heavy atom. The minimum atomic E-state index is -3.93. The van der Waals surface area contributed by atoms with Crippen LogP contribution in [0.3, 0.4) is 0 Å². The number of ether oxygens (including phenoxy) is 1. The third-order valence-electron chi connectivity index (χ3n) is 5.07. The summed E-state index contributed by atoms with van der Waals surface area (Å²) in [5.74, 6) is -1.36. The molecule has 0 fully saturated rings. The van der Waals surface area contributed by atoms with Crippen LogP contribution in [-0.4, -0.2) is 56.6 Å². The van der Waals surface area contributed by atoms with E-state index in [0.29, 0.717) is 5.75 Å². The van der Waals surface area contributed by atoms with Crippen LogP contribution in [0.2, 0.25) is 5.02 Å². The summed E-state index contributed by atoms with van der Waals surface area (Å²) in [4.78, 5) is 27.5. The quantitative estimate of drug-likeness (QED) is 0.537. The van der Waals surface area contributed by atoms with Gasteiger partial charge in [-0.25, -0.2) is 12.8 Å². The topological polar surface area (TPSA) is 96.0 Å². The van der Waals surface area contributed by atoms with Crippen LogP contribution in [0, 0.1) is 5.82 Å². The summed E-state index contributed by atoms with van der Waals surface area (Å²) < 4.78 is 45.6. The van der Waals surface area contributed by atoms with Crippen LogP contribution in [0.4, 0.5) is 10.1 Å². The van der Waals surface area contributed by atoms with Crippen molar-refractivity contribution in [2.75, 3.05) is 24.2 Å². The van der Waals surface area contributed by atoms with Crippen LogP contribution in [-0.2, 0) is 26.2 Å². The lowest BCUT2D eigenvalue weighted by atomic mass is 10.1. The maximum Gasteiger partial charge on any atom is 0.244 e. The van der Waals surface area contributed by atoms with Gasteiger partial charge in [0, 0.05) is 17.6 Å². The largest absolute Gasteiger partial charge is 0.495 e. The molecule has 0 aromatic heterocycles. The number of nitrogens with one attached hydrogen (secondary N) is 1. The molecule has 2 aromatic carbocycles. The summed E-state index contributed by atoms with van der Waals surface area (Å²) >= 11 is 6.16. The van der Waals surface area contributed by atoms with Crippen molar-refractivity contribution < 1.29 is 27.1 Å². The first-order chi connectivity index (χ1) is 16.1. The smallest absolute Gasteiger partial charge is 0.244 e. The highest BCUT2D eigenvalue weighted by molar-refractivity contribution is 7.92. The van der Waals surface area contributed by atoms with E-state index in [1.54, 1.807) is 26.8 Å². The zero-order valence-electron chi connectivity index (χ0n) is 20.6. The van der Waals surface area contributed by atoms with E-state index < -0.39 is 45.8 Å². The summed E-state index contributed by atoms with van der Waals surface area (Å²) in [6, 6.07) is 9.17. The average Bonchev–Trinajstić information content (AvgIpc) is 2.74. The monoisotopic (exact) mass is 527 g/mol. The van der Waals surface area contributed by atoms with Gasteiger partial charge in [-0.3, -0.25) is 13.9 Å². The van der Waals surface area contributed by atoms with Crippen LogP contribution in [0.25, 0.3) is 0 Å². The summed E-state index contributed by atoms with van der Waals surface area (Å²) in [6.07, 6.45) is 0.954. The molecule has 1 atom stereocenters. The number of halogens is 2. The van der Waals surface area contributed by atoms with Gasteiger partial charge in [0.1, 0.15) is 24.2 Å². The maximum absolute atomic E-state index is 14.4. The third-order valence-corrected chi connectivity index (χ3v) is 6.50. The van der Waals surface area contributed by atoms with E-state index in [0.717, 1.165) is 15.5 Å². The molecule has 0 spiro atoms. The normalized spacial score (nSPS) is 12.6. The van der Waals surface area contributed by atoms with Gasteiger partial charge in [-0.15, -0.1) is 0 Å². The Kier molecular flexibility index (Phi) is 9.13. The van der Waals surface area contributed by atoms with Crippen molar-refractivity contribution in [1.29, 1.82) is 0 Å². The molecule has 11 heteroatoms. The second-order valence-corrected chi connectivity index (χ2v) is 11.4. The van der Waals surface area contributed by atoms with Crippen molar-refractivity contribution in [3.05, 3.63) is 58.9 Å². The highest BCUT2D eigenvalue weighted by atomic mass is 35.5. The molecule has 0 unspecified atom stereocenters. The lowest BCUT2D eigenvalue weighted by Gasteiger charge is -2.33. The van der Waals surface area contributed by atoms with Crippen molar-refractivity contribution in [2.45, 2.75) is 45.8 Å². The molecule has 0 heterocycles. The van der Waals surface area contributed by atoms with Gasteiger partial charge in [0.05, 0.1) is 24.1 Å². The number of rotatable bonds is 9. The molecule has 2 rings (SSSR count). The van der Waals surface area contributed by atoms with Crippen LogP contribution in [0.15, 0.2) is 42.5 Å². The summed E-state index contributed by atoms with van der Waals surface area (Å²) in [5, 5.41) is 2.96. The van der Waals surface area contributed by atoms with Crippen LogP contribution in [0.1, 0.15) is 33.3 Å². The van der Waals surface area contributed by atoms with Crippen molar-refractivity contribution >= 4 is 39.1 Å². The number of hydrogen-bond acceptors (Lipinski definition) is 5. The zero-order valence-corrected chi connectivity index (χ0v) is 22.2. The number of anilines is 1. The Labute approximate surface area is 211 Å². The average molecular weight is 528 g/mol. The molecule has 0 saturated heterocycles. The molecule has 0 bridgehead atoms. The van der Waals surface area contributed by atoms with E-state index in [2.05, 4.69) is 5.32 Å². The Bertz CT molecular complexity index is 1180. The van der Waals surface area contributed by atoms with Crippen LogP contribution < -0.4 is 14.4 Å². The van der Waals surface area contributed by atoms with E-state index in [1.165, 1.54) is 50.4 Å². The summed E-state index contributed by atoms with van der Waals surface area (Å²) in [7, 11) is -2.51. The SMILES string of the molecule is COc1ccc(N(CC(=O)N(Cc2ccccc2F)[C@H](C)C(=O)NC(C)(C)C)S(C)(=O)=O)cc1Cl. The number of methoxy groups -OCH3 is 1. The van der Waals surface area contributed by atoms with Crippen molar-refractivity contribution in [1.82, 2.24) is 10.2 Å². The zero-order chi connectivity index (χ0) is 26.6. The molecular weight excluding hydrogens is 497 g/mol. The minimum Gasteiger partial charge on any atom is -0.495 e. The highest BCUT2D eigenvalue weighted by Crippen LogP contribution is 2.30. The lowest BCUT2D eigenvalue weighted by Crippen LogP contribution is -2.54. The second-order valence-electron chi connectivity index (χ2n) is 9.12. The number of nitrogens with zero attached hydrogens (tertiary/aromatic N) is 2. The molecular formula is C24H31ClFN3O5S. The molecule has 8 nitrogen and oxygen atoms in total. The predicted molar refractivity (Wildman–Crippen MR) is 135 cm³/mol. The fourth-order valence-corrected chi connectivity index (χ4v) is 4.38. The molecule has 35 heavy (non-hydrogen) atoms.